The molecule has 0 aliphatic carbocycles. The number of aliphatic carboxylic acids is 1. The van der Waals surface area contributed by atoms with E-state index in [1.54, 1.807) is 17.9 Å². The van der Waals surface area contributed by atoms with Gasteiger partial charge in [-0.2, -0.15) is 0 Å². The zero-order chi connectivity index (χ0) is 15.0. The highest BCUT2D eigenvalue weighted by atomic mass is 19.1. The third kappa shape index (κ3) is 2.40. The molecule has 4 nitrogen and oxygen atoms in total. The molecular formula is C15H18FNO3. The van der Waals surface area contributed by atoms with Crippen LogP contribution in [0, 0.1) is 18.7 Å². The Kier molecular flexibility index (Phi) is 3.79. The van der Waals surface area contributed by atoms with Gasteiger partial charge >= 0.3 is 5.97 Å². The first-order valence-corrected chi connectivity index (χ1v) is 6.63. The van der Waals surface area contributed by atoms with Crippen LogP contribution in [0.1, 0.15) is 37.4 Å². The second-order valence-electron chi connectivity index (χ2n) is 5.49. The largest absolute Gasteiger partial charge is 0.481 e. The smallest absolute Gasteiger partial charge is 0.309 e. The molecule has 1 amide bonds. The maximum absolute atomic E-state index is 13.2. The van der Waals surface area contributed by atoms with E-state index in [4.69, 9.17) is 0 Å². The number of benzene rings is 1. The molecule has 0 aromatic heterocycles. The standard InChI is InChI=1S/C15H18FNO3/c1-8(2)17-13(18)7-12(15(19)20)14(17)11-5-4-10(16)6-9(11)3/h4-6,8,12,14H,7H2,1-3H3,(H,19,20). The highest BCUT2D eigenvalue weighted by Crippen LogP contribution is 2.40. The summed E-state index contributed by atoms with van der Waals surface area (Å²) in [6, 6.07) is 3.64. The lowest BCUT2D eigenvalue weighted by Gasteiger charge is -2.31. The number of halogens is 1. The summed E-state index contributed by atoms with van der Waals surface area (Å²) in [5, 5.41) is 9.35. The normalized spacial score (nSPS) is 22.6. The second kappa shape index (κ2) is 5.23. The fraction of sp³-hybridized carbons (Fsp3) is 0.467. The Labute approximate surface area is 117 Å². The van der Waals surface area contributed by atoms with Gasteiger partial charge in [0.1, 0.15) is 5.82 Å². The van der Waals surface area contributed by atoms with E-state index in [1.165, 1.54) is 12.1 Å². The summed E-state index contributed by atoms with van der Waals surface area (Å²) in [5.41, 5.74) is 1.37. The molecule has 20 heavy (non-hydrogen) atoms. The predicted octanol–water partition coefficient (Wildman–Crippen LogP) is 2.52. The average Bonchev–Trinajstić information content (AvgIpc) is 2.67. The minimum absolute atomic E-state index is 0.00496. The van der Waals surface area contributed by atoms with E-state index in [0.29, 0.717) is 11.1 Å². The number of hydrogen-bond donors (Lipinski definition) is 1. The SMILES string of the molecule is Cc1cc(F)ccc1C1C(C(=O)O)CC(=O)N1C(C)C. The Bertz CT molecular complexity index is 556. The molecule has 0 saturated carbocycles. The quantitative estimate of drug-likeness (QED) is 0.925. The fourth-order valence-electron chi connectivity index (χ4n) is 2.92. The lowest BCUT2D eigenvalue weighted by atomic mass is 9.90. The summed E-state index contributed by atoms with van der Waals surface area (Å²) >= 11 is 0. The summed E-state index contributed by atoms with van der Waals surface area (Å²) < 4.78 is 13.2. The van der Waals surface area contributed by atoms with Crippen molar-refractivity contribution in [3.8, 4) is 0 Å². The van der Waals surface area contributed by atoms with Gasteiger partial charge in [0, 0.05) is 12.5 Å². The zero-order valence-electron chi connectivity index (χ0n) is 11.8. The van der Waals surface area contributed by atoms with E-state index in [0.717, 1.165) is 0 Å². The Morgan fingerprint density at radius 1 is 1.45 bits per heavy atom. The average molecular weight is 279 g/mol. The van der Waals surface area contributed by atoms with Crippen molar-refractivity contribution in [1.82, 2.24) is 4.90 Å². The molecule has 1 aliphatic rings. The van der Waals surface area contributed by atoms with Crippen LogP contribution in [0.4, 0.5) is 4.39 Å². The molecule has 5 heteroatoms. The van der Waals surface area contributed by atoms with Gasteiger partial charge in [0.15, 0.2) is 0 Å². The molecule has 0 spiro atoms. The van der Waals surface area contributed by atoms with Gasteiger partial charge in [0.2, 0.25) is 5.91 Å². The molecule has 2 rings (SSSR count). The topological polar surface area (TPSA) is 57.6 Å². The summed E-state index contributed by atoms with van der Waals surface area (Å²) in [4.78, 5) is 25.1. The number of carbonyl (C=O) groups excluding carboxylic acids is 1. The number of likely N-dealkylation sites (tertiary alicyclic amines) is 1. The van der Waals surface area contributed by atoms with E-state index in [-0.39, 0.29) is 24.2 Å². The van der Waals surface area contributed by atoms with Crippen molar-refractivity contribution in [3.05, 3.63) is 35.1 Å². The van der Waals surface area contributed by atoms with Crippen LogP contribution < -0.4 is 0 Å². The maximum Gasteiger partial charge on any atom is 0.309 e. The molecule has 1 aromatic rings. The molecule has 1 aliphatic heterocycles. The van der Waals surface area contributed by atoms with Crippen LogP contribution >= 0.6 is 0 Å². The molecule has 1 saturated heterocycles. The molecule has 1 heterocycles. The highest BCUT2D eigenvalue weighted by Gasteiger charge is 2.46. The maximum atomic E-state index is 13.2. The van der Waals surface area contributed by atoms with Crippen molar-refractivity contribution in [2.75, 3.05) is 0 Å². The number of amides is 1. The number of nitrogens with zero attached hydrogens (tertiary/aromatic N) is 1. The molecule has 2 unspecified atom stereocenters. The highest BCUT2D eigenvalue weighted by molar-refractivity contribution is 5.87. The Hall–Kier alpha value is -1.91. The summed E-state index contributed by atoms with van der Waals surface area (Å²) in [7, 11) is 0. The van der Waals surface area contributed by atoms with Gasteiger partial charge in [0.25, 0.3) is 0 Å². The number of carboxylic acids is 1. The lowest BCUT2D eigenvalue weighted by Crippen LogP contribution is -2.36. The molecule has 1 fully saturated rings. The van der Waals surface area contributed by atoms with Crippen molar-refractivity contribution < 1.29 is 19.1 Å². The van der Waals surface area contributed by atoms with Crippen molar-refractivity contribution in [1.29, 1.82) is 0 Å². The van der Waals surface area contributed by atoms with E-state index in [9.17, 15) is 19.1 Å². The summed E-state index contributed by atoms with van der Waals surface area (Å²) in [6.07, 6.45) is -0.00496. The molecule has 1 N–H and O–H groups in total. The van der Waals surface area contributed by atoms with Crippen molar-refractivity contribution in [3.63, 3.8) is 0 Å². The van der Waals surface area contributed by atoms with Gasteiger partial charge in [-0.3, -0.25) is 9.59 Å². The minimum Gasteiger partial charge on any atom is -0.481 e. The van der Waals surface area contributed by atoms with Crippen LogP contribution in [0.15, 0.2) is 18.2 Å². The van der Waals surface area contributed by atoms with Crippen molar-refractivity contribution in [2.24, 2.45) is 5.92 Å². The first kappa shape index (κ1) is 14.5. The fourth-order valence-corrected chi connectivity index (χ4v) is 2.92. The number of hydrogen-bond acceptors (Lipinski definition) is 2. The van der Waals surface area contributed by atoms with Crippen molar-refractivity contribution in [2.45, 2.75) is 39.3 Å². The van der Waals surface area contributed by atoms with Crippen LogP contribution in [0.3, 0.4) is 0 Å². The van der Waals surface area contributed by atoms with Crippen LogP contribution in [-0.4, -0.2) is 27.9 Å². The Morgan fingerprint density at radius 3 is 2.60 bits per heavy atom. The van der Waals surface area contributed by atoms with Gasteiger partial charge in [-0.25, -0.2) is 4.39 Å². The number of carbonyl (C=O) groups is 2. The third-order valence-electron chi connectivity index (χ3n) is 3.79. The van der Waals surface area contributed by atoms with Crippen LogP contribution in [-0.2, 0) is 9.59 Å². The van der Waals surface area contributed by atoms with Gasteiger partial charge in [-0.15, -0.1) is 0 Å². The number of carboxylic acid groups (broad SMARTS) is 1. The molecule has 2 atom stereocenters. The Morgan fingerprint density at radius 2 is 2.10 bits per heavy atom. The van der Waals surface area contributed by atoms with E-state index < -0.39 is 17.9 Å². The first-order chi connectivity index (χ1) is 9.32. The summed E-state index contributed by atoms with van der Waals surface area (Å²) in [5.74, 6) is -2.30. The number of aryl methyl sites for hydroxylation is 1. The second-order valence-corrected chi connectivity index (χ2v) is 5.49. The van der Waals surface area contributed by atoms with Gasteiger partial charge in [-0.05, 0) is 44.0 Å². The van der Waals surface area contributed by atoms with Gasteiger partial charge in [0.05, 0.1) is 12.0 Å². The minimum atomic E-state index is -0.991. The monoisotopic (exact) mass is 279 g/mol. The van der Waals surface area contributed by atoms with E-state index in [1.807, 2.05) is 13.8 Å². The molecular weight excluding hydrogens is 261 g/mol. The van der Waals surface area contributed by atoms with Crippen LogP contribution in [0.5, 0.6) is 0 Å². The predicted molar refractivity (Wildman–Crippen MR) is 71.6 cm³/mol. The number of rotatable bonds is 3. The Balaban J connectivity index is 2.52. The molecule has 0 radical (unpaired) electrons. The molecule has 0 bridgehead atoms. The van der Waals surface area contributed by atoms with Gasteiger partial charge in [-0.1, -0.05) is 6.07 Å². The van der Waals surface area contributed by atoms with Crippen LogP contribution in [0.2, 0.25) is 0 Å². The molecule has 108 valence electrons. The summed E-state index contributed by atoms with van der Waals surface area (Å²) in [6.45, 7) is 5.45. The first-order valence-electron chi connectivity index (χ1n) is 6.63. The van der Waals surface area contributed by atoms with Crippen molar-refractivity contribution >= 4 is 11.9 Å². The van der Waals surface area contributed by atoms with Crippen LogP contribution in [0.25, 0.3) is 0 Å². The zero-order valence-corrected chi connectivity index (χ0v) is 11.8. The van der Waals surface area contributed by atoms with E-state index in [2.05, 4.69) is 0 Å². The lowest BCUT2D eigenvalue weighted by molar-refractivity contribution is -0.142. The third-order valence-corrected chi connectivity index (χ3v) is 3.79. The molecule has 1 aromatic carbocycles. The van der Waals surface area contributed by atoms with E-state index >= 15 is 0 Å². The van der Waals surface area contributed by atoms with Gasteiger partial charge < -0.3 is 10.0 Å².